The Bertz CT molecular complexity index is 457. The Morgan fingerprint density at radius 1 is 1.29 bits per heavy atom. The number of hydrogen-bond donors (Lipinski definition) is 0. The lowest BCUT2D eigenvalue weighted by Crippen LogP contribution is -2.08. The summed E-state index contributed by atoms with van der Waals surface area (Å²) in [5.41, 5.74) is 1.82. The van der Waals surface area contributed by atoms with E-state index in [1.165, 1.54) is 0 Å². The molecule has 2 rings (SSSR count). The third-order valence-electron chi connectivity index (χ3n) is 3.21. The lowest BCUT2D eigenvalue weighted by molar-refractivity contribution is -0.117. The summed E-state index contributed by atoms with van der Waals surface area (Å²) in [4.78, 5) is 23.0. The number of rotatable bonds is 3. The maximum absolute atomic E-state index is 11.7. The molecule has 0 N–H and O–H groups in total. The molecule has 1 atom stereocenters. The summed E-state index contributed by atoms with van der Waals surface area (Å²) in [6.07, 6.45) is 3.88. The van der Waals surface area contributed by atoms with Crippen LogP contribution in [0.4, 0.5) is 0 Å². The monoisotopic (exact) mass is 228 g/mol. The van der Waals surface area contributed by atoms with Crippen LogP contribution in [0.3, 0.4) is 0 Å². The number of carbonyl (C=O) groups excluding carboxylic acids is 2. The van der Waals surface area contributed by atoms with Gasteiger partial charge in [-0.05, 0) is 36.5 Å². The molecule has 0 radical (unpaired) electrons. The lowest BCUT2D eigenvalue weighted by Gasteiger charge is -2.10. The van der Waals surface area contributed by atoms with Gasteiger partial charge in [0.2, 0.25) is 0 Å². The molecule has 0 saturated heterocycles. The lowest BCUT2D eigenvalue weighted by atomic mass is 9.92. The van der Waals surface area contributed by atoms with Crippen LogP contribution >= 0.6 is 0 Å². The Labute approximate surface area is 101 Å². The predicted octanol–water partition coefficient (Wildman–Crippen LogP) is 3.03. The Morgan fingerprint density at radius 3 is 2.53 bits per heavy atom. The standard InChI is InChI=1S/C15H16O2/c1-11(16)15(13-7-8-14(17)10-13)9-12-5-3-2-4-6-12/h2-6,9,13H,7-8,10H2,1H3/b15-9+. The fourth-order valence-electron chi connectivity index (χ4n) is 2.32. The first-order valence-electron chi connectivity index (χ1n) is 5.96. The van der Waals surface area contributed by atoms with Gasteiger partial charge in [0, 0.05) is 12.8 Å². The second kappa shape index (κ2) is 5.09. The highest BCUT2D eigenvalue weighted by Crippen LogP contribution is 2.30. The quantitative estimate of drug-likeness (QED) is 0.745. The number of benzene rings is 1. The van der Waals surface area contributed by atoms with Gasteiger partial charge in [-0.3, -0.25) is 9.59 Å². The minimum absolute atomic E-state index is 0.0774. The highest BCUT2D eigenvalue weighted by Gasteiger charge is 2.27. The highest BCUT2D eigenvalue weighted by atomic mass is 16.1. The Balaban J connectivity index is 2.26. The maximum atomic E-state index is 11.7. The zero-order chi connectivity index (χ0) is 12.3. The van der Waals surface area contributed by atoms with Crippen molar-refractivity contribution in [2.24, 2.45) is 5.92 Å². The van der Waals surface area contributed by atoms with Crippen molar-refractivity contribution in [3.8, 4) is 0 Å². The van der Waals surface area contributed by atoms with Gasteiger partial charge in [0.25, 0.3) is 0 Å². The van der Waals surface area contributed by atoms with E-state index in [0.717, 1.165) is 17.6 Å². The number of carbonyl (C=O) groups is 2. The SMILES string of the molecule is CC(=O)/C(=C\c1ccccc1)C1CCC(=O)C1. The van der Waals surface area contributed by atoms with E-state index in [2.05, 4.69) is 0 Å². The van der Waals surface area contributed by atoms with Gasteiger partial charge in [-0.1, -0.05) is 30.3 Å². The summed E-state index contributed by atoms with van der Waals surface area (Å²) >= 11 is 0. The molecule has 2 heteroatoms. The summed E-state index contributed by atoms with van der Waals surface area (Å²) < 4.78 is 0. The second-order valence-electron chi connectivity index (χ2n) is 4.54. The molecule has 1 aliphatic carbocycles. The van der Waals surface area contributed by atoms with Gasteiger partial charge in [-0.25, -0.2) is 0 Å². The Hall–Kier alpha value is -1.70. The molecule has 1 saturated carbocycles. The van der Waals surface area contributed by atoms with Crippen molar-refractivity contribution in [3.63, 3.8) is 0 Å². The van der Waals surface area contributed by atoms with Crippen LogP contribution in [0.15, 0.2) is 35.9 Å². The molecule has 1 aromatic rings. The van der Waals surface area contributed by atoms with E-state index in [4.69, 9.17) is 0 Å². The number of Topliss-reactive ketones (excluding diaryl/α,β-unsaturated/α-hetero) is 2. The van der Waals surface area contributed by atoms with Crippen molar-refractivity contribution in [1.82, 2.24) is 0 Å². The molecule has 1 aliphatic rings. The van der Waals surface area contributed by atoms with E-state index in [1.807, 2.05) is 36.4 Å². The smallest absolute Gasteiger partial charge is 0.156 e. The number of hydrogen-bond acceptors (Lipinski definition) is 2. The first kappa shape index (κ1) is 11.8. The van der Waals surface area contributed by atoms with Crippen LogP contribution in [0.2, 0.25) is 0 Å². The van der Waals surface area contributed by atoms with Crippen LogP contribution in [-0.4, -0.2) is 11.6 Å². The molecular weight excluding hydrogens is 212 g/mol. The molecule has 0 spiro atoms. The van der Waals surface area contributed by atoms with Gasteiger partial charge in [-0.2, -0.15) is 0 Å². The van der Waals surface area contributed by atoms with E-state index in [9.17, 15) is 9.59 Å². The largest absolute Gasteiger partial charge is 0.300 e. The summed E-state index contributed by atoms with van der Waals surface area (Å²) in [6, 6.07) is 9.79. The van der Waals surface area contributed by atoms with E-state index >= 15 is 0 Å². The Morgan fingerprint density at radius 2 is 2.00 bits per heavy atom. The third-order valence-corrected chi connectivity index (χ3v) is 3.21. The summed E-state index contributed by atoms with van der Waals surface area (Å²) in [7, 11) is 0. The third kappa shape index (κ3) is 2.90. The Kier molecular flexibility index (Phi) is 3.52. The van der Waals surface area contributed by atoms with E-state index in [1.54, 1.807) is 6.92 Å². The topological polar surface area (TPSA) is 34.1 Å². The molecule has 88 valence electrons. The van der Waals surface area contributed by atoms with E-state index < -0.39 is 0 Å². The summed E-state index contributed by atoms with van der Waals surface area (Å²) in [5, 5.41) is 0. The van der Waals surface area contributed by atoms with Gasteiger partial charge >= 0.3 is 0 Å². The van der Waals surface area contributed by atoms with Crippen molar-refractivity contribution in [1.29, 1.82) is 0 Å². The zero-order valence-electron chi connectivity index (χ0n) is 9.98. The molecule has 1 unspecified atom stereocenters. The van der Waals surface area contributed by atoms with Crippen LogP contribution < -0.4 is 0 Å². The normalized spacial score (nSPS) is 20.6. The van der Waals surface area contributed by atoms with Crippen LogP contribution in [0.1, 0.15) is 31.7 Å². The first-order valence-corrected chi connectivity index (χ1v) is 5.96. The van der Waals surface area contributed by atoms with E-state index in [0.29, 0.717) is 12.8 Å². The molecular formula is C15H16O2. The van der Waals surface area contributed by atoms with Gasteiger partial charge in [0.15, 0.2) is 5.78 Å². The molecule has 0 heterocycles. The molecule has 0 aliphatic heterocycles. The molecule has 17 heavy (non-hydrogen) atoms. The number of allylic oxidation sites excluding steroid dienone is 1. The zero-order valence-corrected chi connectivity index (χ0v) is 9.98. The van der Waals surface area contributed by atoms with E-state index in [-0.39, 0.29) is 17.5 Å². The van der Waals surface area contributed by atoms with Crippen LogP contribution in [0, 0.1) is 5.92 Å². The van der Waals surface area contributed by atoms with Crippen molar-refractivity contribution in [2.45, 2.75) is 26.2 Å². The average molecular weight is 228 g/mol. The van der Waals surface area contributed by atoms with Crippen molar-refractivity contribution < 1.29 is 9.59 Å². The minimum atomic E-state index is 0.0774. The maximum Gasteiger partial charge on any atom is 0.156 e. The van der Waals surface area contributed by atoms with Crippen molar-refractivity contribution in [3.05, 3.63) is 41.5 Å². The van der Waals surface area contributed by atoms with Crippen LogP contribution in [0.5, 0.6) is 0 Å². The number of ketones is 2. The molecule has 1 fully saturated rings. The molecule has 0 bridgehead atoms. The van der Waals surface area contributed by atoms with Crippen LogP contribution in [-0.2, 0) is 9.59 Å². The van der Waals surface area contributed by atoms with Crippen LogP contribution in [0.25, 0.3) is 6.08 Å². The van der Waals surface area contributed by atoms with Gasteiger partial charge in [0.1, 0.15) is 5.78 Å². The summed E-state index contributed by atoms with van der Waals surface area (Å²) in [6.45, 7) is 1.58. The molecule has 0 amide bonds. The molecule has 0 aromatic heterocycles. The average Bonchev–Trinajstić information content (AvgIpc) is 2.73. The second-order valence-corrected chi connectivity index (χ2v) is 4.54. The molecule has 2 nitrogen and oxygen atoms in total. The highest BCUT2D eigenvalue weighted by molar-refractivity contribution is 5.99. The van der Waals surface area contributed by atoms with Crippen molar-refractivity contribution in [2.75, 3.05) is 0 Å². The predicted molar refractivity (Wildman–Crippen MR) is 67.4 cm³/mol. The molecule has 1 aromatic carbocycles. The first-order chi connectivity index (χ1) is 8.16. The fourth-order valence-corrected chi connectivity index (χ4v) is 2.32. The van der Waals surface area contributed by atoms with Gasteiger partial charge in [0.05, 0.1) is 0 Å². The summed E-state index contributed by atoms with van der Waals surface area (Å²) in [5.74, 6) is 0.476. The minimum Gasteiger partial charge on any atom is -0.300 e. The van der Waals surface area contributed by atoms with Gasteiger partial charge < -0.3 is 0 Å². The van der Waals surface area contributed by atoms with Crippen molar-refractivity contribution >= 4 is 17.6 Å². The fraction of sp³-hybridized carbons (Fsp3) is 0.333. The van der Waals surface area contributed by atoms with Gasteiger partial charge in [-0.15, -0.1) is 0 Å².